The van der Waals surface area contributed by atoms with E-state index in [0.717, 1.165) is 35.5 Å². The Kier molecular flexibility index (Phi) is 3.46. The molecule has 2 N–H and O–H groups in total. The first-order chi connectivity index (χ1) is 11.3. The lowest BCUT2D eigenvalue weighted by molar-refractivity contribution is 0.402. The summed E-state index contributed by atoms with van der Waals surface area (Å²) < 4.78 is 10.9. The molecule has 23 heavy (non-hydrogen) atoms. The number of hydrogen-bond acceptors (Lipinski definition) is 3. The Bertz CT molecular complexity index is 854. The number of rotatable bonds is 3. The average Bonchev–Trinajstić information content (AvgIpc) is 2.99. The van der Waals surface area contributed by atoms with E-state index < -0.39 is 0 Å². The van der Waals surface area contributed by atoms with Gasteiger partial charge in [0.05, 0.1) is 20.3 Å². The van der Waals surface area contributed by atoms with Crippen molar-refractivity contribution in [2.75, 3.05) is 20.8 Å². The molecule has 1 aliphatic rings. The maximum absolute atomic E-state index is 5.55. The molecule has 2 aromatic carbocycles. The Morgan fingerprint density at radius 3 is 2.74 bits per heavy atom. The van der Waals surface area contributed by atoms with Gasteiger partial charge < -0.3 is 19.8 Å². The van der Waals surface area contributed by atoms with Crippen LogP contribution in [0.1, 0.15) is 22.9 Å². The summed E-state index contributed by atoms with van der Waals surface area (Å²) in [5.74, 6) is 1.81. The minimum atomic E-state index is 0.119. The van der Waals surface area contributed by atoms with Crippen molar-refractivity contribution in [3.63, 3.8) is 0 Å². The zero-order valence-corrected chi connectivity index (χ0v) is 13.3. The molecule has 4 heteroatoms. The quantitative estimate of drug-likeness (QED) is 0.779. The normalized spacial score (nSPS) is 17.0. The predicted molar refractivity (Wildman–Crippen MR) is 91.4 cm³/mol. The van der Waals surface area contributed by atoms with E-state index in [4.69, 9.17) is 9.47 Å². The molecule has 0 fully saturated rings. The molecule has 118 valence electrons. The number of nitrogens with one attached hydrogen (secondary N) is 2. The van der Waals surface area contributed by atoms with Gasteiger partial charge in [0.2, 0.25) is 0 Å². The Labute approximate surface area is 135 Å². The van der Waals surface area contributed by atoms with Crippen LogP contribution in [0.15, 0.2) is 42.5 Å². The summed E-state index contributed by atoms with van der Waals surface area (Å²) in [5, 5.41) is 4.86. The molecule has 1 atom stereocenters. The predicted octanol–water partition coefficient (Wildman–Crippen LogP) is 3.42. The Hall–Kier alpha value is -2.46. The third-order valence-electron chi connectivity index (χ3n) is 4.61. The largest absolute Gasteiger partial charge is 0.497 e. The molecule has 0 amide bonds. The van der Waals surface area contributed by atoms with Gasteiger partial charge in [-0.15, -0.1) is 0 Å². The molecule has 2 heterocycles. The lowest BCUT2D eigenvalue weighted by atomic mass is 9.94. The first-order valence-corrected chi connectivity index (χ1v) is 7.86. The first kappa shape index (κ1) is 14.2. The van der Waals surface area contributed by atoms with Crippen LogP contribution in [-0.2, 0) is 6.42 Å². The molecule has 0 unspecified atom stereocenters. The Morgan fingerprint density at radius 2 is 1.91 bits per heavy atom. The molecule has 3 aromatic rings. The van der Waals surface area contributed by atoms with Gasteiger partial charge in [0.25, 0.3) is 0 Å². The zero-order chi connectivity index (χ0) is 15.8. The fourth-order valence-electron chi connectivity index (χ4n) is 3.50. The van der Waals surface area contributed by atoms with Crippen molar-refractivity contribution in [2.45, 2.75) is 12.5 Å². The van der Waals surface area contributed by atoms with Gasteiger partial charge in [-0.25, -0.2) is 0 Å². The summed E-state index contributed by atoms with van der Waals surface area (Å²) in [7, 11) is 3.43. The van der Waals surface area contributed by atoms with Crippen molar-refractivity contribution in [1.82, 2.24) is 10.3 Å². The second-order valence-electron chi connectivity index (χ2n) is 5.81. The molecule has 0 aliphatic carbocycles. The first-order valence-electron chi connectivity index (χ1n) is 7.86. The van der Waals surface area contributed by atoms with E-state index >= 15 is 0 Å². The third-order valence-corrected chi connectivity index (χ3v) is 4.61. The fourth-order valence-corrected chi connectivity index (χ4v) is 3.50. The van der Waals surface area contributed by atoms with Crippen LogP contribution in [0, 0.1) is 0 Å². The highest BCUT2D eigenvalue weighted by Crippen LogP contribution is 2.37. The second-order valence-corrected chi connectivity index (χ2v) is 5.81. The average molecular weight is 308 g/mol. The van der Waals surface area contributed by atoms with Crippen LogP contribution in [0.3, 0.4) is 0 Å². The molecule has 0 saturated heterocycles. The molecular formula is C19H20N2O2. The lowest BCUT2D eigenvalue weighted by Crippen LogP contribution is -2.30. The van der Waals surface area contributed by atoms with E-state index in [1.54, 1.807) is 14.2 Å². The lowest BCUT2D eigenvalue weighted by Gasteiger charge is -2.26. The number of hydrogen-bond donors (Lipinski definition) is 2. The van der Waals surface area contributed by atoms with Gasteiger partial charge >= 0.3 is 0 Å². The van der Waals surface area contributed by atoms with E-state index in [1.807, 2.05) is 18.2 Å². The summed E-state index contributed by atoms with van der Waals surface area (Å²) in [6.45, 7) is 0.944. The van der Waals surface area contributed by atoms with Gasteiger partial charge in [0.1, 0.15) is 11.5 Å². The Morgan fingerprint density at radius 1 is 1.04 bits per heavy atom. The second kappa shape index (κ2) is 5.63. The van der Waals surface area contributed by atoms with Crippen molar-refractivity contribution in [3.8, 4) is 11.5 Å². The standard InChI is InChI=1S/C19H20N2O2/c1-22-12-7-8-16-15(11-12)13-9-10-20-18(19(13)21-16)14-5-3-4-6-17(14)23-2/h3-8,11,18,20-21H,9-10H2,1-2H3/t18-/m1/s1. The smallest absolute Gasteiger partial charge is 0.124 e. The molecule has 1 aromatic heterocycles. The summed E-state index contributed by atoms with van der Waals surface area (Å²) in [5.41, 5.74) is 4.91. The number of methoxy groups -OCH3 is 2. The molecule has 1 aliphatic heterocycles. The minimum Gasteiger partial charge on any atom is -0.497 e. The van der Waals surface area contributed by atoms with E-state index in [0.29, 0.717) is 0 Å². The maximum atomic E-state index is 5.55. The summed E-state index contributed by atoms with van der Waals surface area (Å²) in [6.07, 6.45) is 1.01. The highest BCUT2D eigenvalue weighted by molar-refractivity contribution is 5.86. The van der Waals surface area contributed by atoms with Gasteiger partial charge in [0.15, 0.2) is 0 Å². The molecular weight excluding hydrogens is 288 g/mol. The van der Waals surface area contributed by atoms with Crippen LogP contribution < -0.4 is 14.8 Å². The molecule has 0 radical (unpaired) electrons. The van der Waals surface area contributed by atoms with Crippen molar-refractivity contribution >= 4 is 10.9 Å². The van der Waals surface area contributed by atoms with E-state index in [1.165, 1.54) is 16.6 Å². The topological polar surface area (TPSA) is 46.3 Å². The SMILES string of the molecule is COc1ccc2[nH]c3c(c2c1)CCN[C@@H]3c1ccccc1OC. The maximum Gasteiger partial charge on any atom is 0.124 e. The molecule has 0 bridgehead atoms. The van der Waals surface area contributed by atoms with Crippen molar-refractivity contribution in [3.05, 3.63) is 59.3 Å². The van der Waals surface area contributed by atoms with Crippen molar-refractivity contribution < 1.29 is 9.47 Å². The number of para-hydroxylation sites is 1. The number of aromatic nitrogens is 1. The van der Waals surface area contributed by atoms with Crippen molar-refractivity contribution in [2.24, 2.45) is 0 Å². The molecule has 4 rings (SSSR count). The number of aromatic amines is 1. The van der Waals surface area contributed by atoms with Gasteiger partial charge in [-0.1, -0.05) is 18.2 Å². The molecule has 0 saturated carbocycles. The fraction of sp³-hybridized carbons (Fsp3) is 0.263. The summed E-state index contributed by atoms with van der Waals surface area (Å²) in [4.78, 5) is 3.59. The van der Waals surface area contributed by atoms with Crippen LogP contribution in [0.25, 0.3) is 10.9 Å². The summed E-state index contributed by atoms with van der Waals surface area (Å²) in [6, 6.07) is 14.5. The van der Waals surface area contributed by atoms with Crippen LogP contribution in [0.2, 0.25) is 0 Å². The highest BCUT2D eigenvalue weighted by atomic mass is 16.5. The van der Waals surface area contributed by atoms with E-state index in [9.17, 15) is 0 Å². The van der Waals surface area contributed by atoms with Crippen LogP contribution in [-0.4, -0.2) is 25.7 Å². The molecule has 4 nitrogen and oxygen atoms in total. The van der Waals surface area contributed by atoms with Gasteiger partial charge in [-0.3, -0.25) is 0 Å². The summed E-state index contributed by atoms with van der Waals surface area (Å²) >= 11 is 0. The van der Waals surface area contributed by atoms with Gasteiger partial charge in [-0.05, 0) is 36.2 Å². The number of benzene rings is 2. The number of ether oxygens (including phenoxy) is 2. The Balaban J connectivity index is 1.88. The van der Waals surface area contributed by atoms with E-state index in [-0.39, 0.29) is 6.04 Å². The van der Waals surface area contributed by atoms with Crippen LogP contribution >= 0.6 is 0 Å². The molecule has 0 spiro atoms. The van der Waals surface area contributed by atoms with E-state index in [2.05, 4.69) is 34.6 Å². The van der Waals surface area contributed by atoms with Gasteiger partial charge in [-0.2, -0.15) is 0 Å². The van der Waals surface area contributed by atoms with Crippen LogP contribution in [0.4, 0.5) is 0 Å². The van der Waals surface area contributed by atoms with Crippen LogP contribution in [0.5, 0.6) is 11.5 Å². The monoisotopic (exact) mass is 308 g/mol. The minimum absolute atomic E-state index is 0.119. The van der Waals surface area contributed by atoms with Crippen molar-refractivity contribution in [1.29, 1.82) is 0 Å². The third kappa shape index (κ3) is 2.26. The van der Waals surface area contributed by atoms with Gasteiger partial charge in [0, 0.05) is 28.7 Å². The highest BCUT2D eigenvalue weighted by Gasteiger charge is 2.27. The number of fused-ring (bicyclic) bond motifs is 3. The number of H-pyrrole nitrogens is 1. The zero-order valence-electron chi connectivity index (χ0n) is 13.3.